The van der Waals surface area contributed by atoms with Crippen molar-refractivity contribution in [2.24, 2.45) is 0 Å². The van der Waals surface area contributed by atoms with Gasteiger partial charge >= 0.3 is 0 Å². The van der Waals surface area contributed by atoms with Gasteiger partial charge in [-0.15, -0.1) is 11.3 Å². The third-order valence-electron chi connectivity index (χ3n) is 5.24. The molecule has 0 aliphatic carbocycles. The molecular weight excluding hydrogens is 434 g/mol. The highest BCUT2D eigenvalue weighted by Gasteiger charge is 2.42. The number of Topliss-reactive ketones (excluding diaryl/α,β-unsaturated/α-hetero) is 1. The fourth-order valence-electron chi connectivity index (χ4n) is 3.47. The monoisotopic (exact) mass is 457 g/mol. The standard InChI is InChI=1S/C22H23N3O4S2/c1-13-23-16-6-5-14(28-4)11-15(16)20(24-13)30-12-17(26)18-7-8-19(31-18)22(2)21(27)25(3)9-10-29-22/h5-8,11H,9-10,12H2,1-4H3/t22-/m0/s1. The maximum Gasteiger partial charge on any atom is 0.259 e. The summed E-state index contributed by atoms with van der Waals surface area (Å²) in [4.78, 5) is 37.5. The Morgan fingerprint density at radius 1 is 1.32 bits per heavy atom. The van der Waals surface area contributed by atoms with E-state index in [0.717, 1.165) is 20.8 Å². The topological polar surface area (TPSA) is 81.6 Å². The number of hydrogen-bond donors (Lipinski definition) is 0. The summed E-state index contributed by atoms with van der Waals surface area (Å²) >= 11 is 2.69. The van der Waals surface area contributed by atoms with Crippen LogP contribution in [0, 0.1) is 6.92 Å². The second kappa shape index (κ2) is 8.57. The fraction of sp³-hybridized carbons (Fsp3) is 0.364. The van der Waals surface area contributed by atoms with Crippen LogP contribution < -0.4 is 4.74 Å². The molecule has 0 spiro atoms. The molecule has 1 aliphatic rings. The minimum absolute atomic E-state index is 0.0197. The second-order valence-electron chi connectivity index (χ2n) is 7.44. The number of fused-ring (bicyclic) bond motifs is 1. The van der Waals surface area contributed by atoms with Gasteiger partial charge in [-0.25, -0.2) is 9.97 Å². The molecule has 1 aliphatic heterocycles. The van der Waals surface area contributed by atoms with E-state index < -0.39 is 5.60 Å². The van der Waals surface area contributed by atoms with E-state index in [0.29, 0.717) is 29.6 Å². The van der Waals surface area contributed by atoms with Crippen molar-refractivity contribution < 1.29 is 19.1 Å². The van der Waals surface area contributed by atoms with Gasteiger partial charge < -0.3 is 14.4 Å². The van der Waals surface area contributed by atoms with Crippen molar-refractivity contribution in [1.29, 1.82) is 0 Å². The quantitative estimate of drug-likeness (QED) is 0.317. The number of benzene rings is 1. The van der Waals surface area contributed by atoms with Crippen molar-refractivity contribution in [2.75, 3.05) is 33.1 Å². The Hall–Kier alpha value is -2.49. The fourth-order valence-corrected chi connectivity index (χ4v) is 5.53. The smallest absolute Gasteiger partial charge is 0.259 e. The second-order valence-corrected chi connectivity index (χ2v) is 9.49. The van der Waals surface area contributed by atoms with Crippen LogP contribution in [0.1, 0.15) is 27.3 Å². The van der Waals surface area contributed by atoms with Crippen LogP contribution in [0.15, 0.2) is 35.4 Å². The lowest BCUT2D eigenvalue weighted by Crippen LogP contribution is -2.51. The number of morpholine rings is 1. The molecule has 162 valence electrons. The molecule has 4 rings (SSSR count). The molecule has 0 N–H and O–H groups in total. The van der Waals surface area contributed by atoms with Crippen molar-refractivity contribution in [3.63, 3.8) is 0 Å². The third kappa shape index (κ3) is 4.17. The van der Waals surface area contributed by atoms with Crippen LogP contribution in [0.4, 0.5) is 0 Å². The zero-order valence-electron chi connectivity index (χ0n) is 17.8. The number of aromatic nitrogens is 2. The van der Waals surface area contributed by atoms with Gasteiger partial charge in [0.2, 0.25) is 0 Å². The highest BCUT2D eigenvalue weighted by Crippen LogP contribution is 2.36. The van der Waals surface area contributed by atoms with Crippen molar-refractivity contribution in [1.82, 2.24) is 14.9 Å². The minimum Gasteiger partial charge on any atom is -0.497 e. The molecule has 0 bridgehead atoms. The Morgan fingerprint density at radius 3 is 2.90 bits per heavy atom. The summed E-state index contributed by atoms with van der Waals surface area (Å²) in [7, 11) is 3.38. The van der Waals surface area contributed by atoms with E-state index in [2.05, 4.69) is 9.97 Å². The summed E-state index contributed by atoms with van der Waals surface area (Å²) in [5.74, 6) is 1.48. The number of ether oxygens (including phenoxy) is 2. The van der Waals surface area contributed by atoms with Gasteiger partial charge in [0.15, 0.2) is 11.4 Å². The van der Waals surface area contributed by atoms with Gasteiger partial charge in [0, 0.05) is 23.9 Å². The van der Waals surface area contributed by atoms with Crippen LogP contribution in [-0.2, 0) is 15.1 Å². The lowest BCUT2D eigenvalue weighted by Gasteiger charge is -2.36. The number of likely N-dealkylation sites (N-methyl/N-ethyl adjacent to an activating group) is 1. The SMILES string of the molecule is COc1ccc2nc(C)nc(SCC(=O)c3ccc([C@]4(C)OCCN(C)C4=O)s3)c2c1. The number of amides is 1. The Kier molecular flexibility index (Phi) is 6.00. The molecule has 1 atom stereocenters. The molecule has 0 unspecified atom stereocenters. The molecule has 2 aromatic heterocycles. The van der Waals surface area contributed by atoms with Crippen LogP contribution in [0.2, 0.25) is 0 Å². The van der Waals surface area contributed by atoms with E-state index in [4.69, 9.17) is 9.47 Å². The lowest BCUT2D eigenvalue weighted by atomic mass is 10.0. The summed E-state index contributed by atoms with van der Waals surface area (Å²) in [5.41, 5.74) is -0.230. The molecule has 7 nitrogen and oxygen atoms in total. The van der Waals surface area contributed by atoms with Gasteiger partial charge in [-0.1, -0.05) is 11.8 Å². The van der Waals surface area contributed by atoms with E-state index in [1.54, 1.807) is 32.0 Å². The molecule has 1 amide bonds. The van der Waals surface area contributed by atoms with Gasteiger partial charge in [-0.2, -0.15) is 0 Å². The molecule has 0 saturated carbocycles. The molecular formula is C22H23N3O4S2. The predicted octanol–water partition coefficient (Wildman–Crippen LogP) is 3.69. The Bertz CT molecular complexity index is 1160. The van der Waals surface area contributed by atoms with Gasteiger partial charge in [-0.05, 0) is 44.2 Å². The zero-order chi connectivity index (χ0) is 22.2. The van der Waals surface area contributed by atoms with E-state index in [1.165, 1.54) is 23.1 Å². The lowest BCUT2D eigenvalue weighted by molar-refractivity contribution is -0.168. The molecule has 0 radical (unpaired) electrons. The number of carbonyl (C=O) groups is 2. The van der Waals surface area contributed by atoms with Crippen molar-refractivity contribution in [3.8, 4) is 5.75 Å². The van der Waals surface area contributed by atoms with Gasteiger partial charge in [-0.3, -0.25) is 9.59 Å². The van der Waals surface area contributed by atoms with Crippen LogP contribution in [0.3, 0.4) is 0 Å². The van der Waals surface area contributed by atoms with Gasteiger partial charge in [0.25, 0.3) is 5.91 Å². The van der Waals surface area contributed by atoms with E-state index in [9.17, 15) is 9.59 Å². The molecule has 9 heteroatoms. The Morgan fingerprint density at radius 2 is 2.13 bits per heavy atom. The van der Waals surface area contributed by atoms with Crippen LogP contribution in [-0.4, -0.2) is 59.6 Å². The van der Waals surface area contributed by atoms with E-state index >= 15 is 0 Å². The first-order chi connectivity index (χ1) is 14.8. The summed E-state index contributed by atoms with van der Waals surface area (Å²) in [6, 6.07) is 9.21. The Balaban J connectivity index is 1.53. The third-order valence-corrected chi connectivity index (χ3v) is 7.56. The van der Waals surface area contributed by atoms with Gasteiger partial charge in [0.05, 0.1) is 29.9 Å². The maximum absolute atomic E-state index is 12.9. The number of hydrogen-bond acceptors (Lipinski definition) is 8. The van der Waals surface area contributed by atoms with Crippen molar-refractivity contribution >= 4 is 45.7 Å². The molecule has 31 heavy (non-hydrogen) atoms. The normalized spacial score (nSPS) is 19.1. The van der Waals surface area contributed by atoms with Gasteiger partial charge in [0.1, 0.15) is 16.6 Å². The van der Waals surface area contributed by atoms with Crippen LogP contribution in [0.25, 0.3) is 10.9 Å². The summed E-state index contributed by atoms with van der Waals surface area (Å²) in [6.07, 6.45) is 0. The van der Waals surface area contributed by atoms with Crippen molar-refractivity contribution in [3.05, 3.63) is 45.9 Å². The number of ketones is 1. The number of carbonyl (C=O) groups excluding carboxylic acids is 2. The number of thiophene rings is 1. The predicted molar refractivity (Wildman–Crippen MR) is 121 cm³/mol. The van der Waals surface area contributed by atoms with E-state index in [-0.39, 0.29) is 17.4 Å². The first-order valence-electron chi connectivity index (χ1n) is 9.80. The minimum atomic E-state index is -1.04. The van der Waals surface area contributed by atoms with Crippen LogP contribution in [0.5, 0.6) is 5.75 Å². The Labute approximate surface area is 188 Å². The number of nitrogens with zero attached hydrogens (tertiary/aromatic N) is 3. The first kappa shape index (κ1) is 21.7. The number of thioether (sulfide) groups is 1. The largest absolute Gasteiger partial charge is 0.497 e. The summed E-state index contributed by atoms with van der Waals surface area (Å²) < 4.78 is 11.1. The number of rotatable bonds is 6. The number of aryl methyl sites for hydroxylation is 1. The summed E-state index contributed by atoms with van der Waals surface area (Å²) in [5, 5.41) is 1.59. The average Bonchev–Trinajstić information content (AvgIpc) is 3.26. The molecule has 1 fully saturated rings. The highest BCUT2D eigenvalue weighted by atomic mass is 32.2. The number of methoxy groups -OCH3 is 1. The molecule has 1 saturated heterocycles. The molecule has 3 heterocycles. The average molecular weight is 458 g/mol. The van der Waals surface area contributed by atoms with E-state index in [1.807, 2.05) is 31.2 Å². The zero-order valence-corrected chi connectivity index (χ0v) is 19.4. The van der Waals surface area contributed by atoms with Crippen LogP contribution >= 0.6 is 23.1 Å². The highest BCUT2D eigenvalue weighted by molar-refractivity contribution is 8.00. The molecule has 1 aromatic carbocycles. The first-order valence-corrected chi connectivity index (χ1v) is 11.6. The van der Waals surface area contributed by atoms with Crippen molar-refractivity contribution in [2.45, 2.75) is 24.5 Å². The molecule has 3 aromatic rings. The summed E-state index contributed by atoms with van der Waals surface area (Å²) in [6.45, 7) is 4.64. The maximum atomic E-state index is 12.9.